The molecule has 3 rings (SSSR count). The molecule has 1 aliphatic rings. The van der Waals surface area contributed by atoms with Crippen molar-refractivity contribution in [1.82, 2.24) is 10.2 Å². The van der Waals surface area contributed by atoms with Crippen molar-refractivity contribution in [3.63, 3.8) is 0 Å². The lowest BCUT2D eigenvalue weighted by Gasteiger charge is -2.31. The third-order valence-electron chi connectivity index (χ3n) is 4.08. The van der Waals surface area contributed by atoms with Gasteiger partial charge in [0.15, 0.2) is 0 Å². The third-order valence-corrected chi connectivity index (χ3v) is 4.08. The van der Waals surface area contributed by atoms with Crippen LogP contribution in [0.25, 0.3) is 10.8 Å². The monoisotopic (exact) mass is 254 g/mol. The summed E-state index contributed by atoms with van der Waals surface area (Å²) in [5.74, 6) is 0.859. The number of hydrogen-bond donors (Lipinski definition) is 1. The molecule has 1 saturated heterocycles. The second kappa shape index (κ2) is 5.72. The molecule has 0 atom stereocenters. The van der Waals surface area contributed by atoms with E-state index < -0.39 is 0 Å². The Hall–Kier alpha value is -1.38. The van der Waals surface area contributed by atoms with E-state index in [1.807, 2.05) is 0 Å². The maximum Gasteiger partial charge on any atom is 0.00311 e. The molecule has 2 aromatic carbocycles. The first-order valence-electron chi connectivity index (χ1n) is 7.19. The fourth-order valence-corrected chi connectivity index (χ4v) is 2.83. The summed E-state index contributed by atoms with van der Waals surface area (Å²) in [5.41, 5.74) is 1.47. The van der Waals surface area contributed by atoms with Crippen molar-refractivity contribution in [3.05, 3.63) is 48.0 Å². The van der Waals surface area contributed by atoms with Crippen LogP contribution in [0.15, 0.2) is 42.5 Å². The highest BCUT2D eigenvalue weighted by Gasteiger charge is 2.18. The number of nitrogens with zero attached hydrogens (tertiary/aromatic N) is 1. The van der Waals surface area contributed by atoms with Crippen LogP contribution in [0.4, 0.5) is 0 Å². The molecule has 0 bridgehead atoms. The zero-order valence-electron chi connectivity index (χ0n) is 11.6. The van der Waals surface area contributed by atoms with E-state index in [1.165, 1.54) is 36.0 Å². The van der Waals surface area contributed by atoms with E-state index >= 15 is 0 Å². The van der Waals surface area contributed by atoms with Gasteiger partial charge in [-0.25, -0.2) is 0 Å². The first-order valence-corrected chi connectivity index (χ1v) is 7.19. The van der Waals surface area contributed by atoms with E-state index in [0.29, 0.717) is 0 Å². The van der Waals surface area contributed by atoms with Crippen LogP contribution in [0.3, 0.4) is 0 Å². The lowest BCUT2D eigenvalue weighted by Crippen LogP contribution is -2.47. The van der Waals surface area contributed by atoms with E-state index in [9.17, 15) is 0 Å². The number of rotatable bonds is 5. The summed E-state index contributed by atoms with van der Waals surface area (Å²) in [7, 11) is 2.24. The van der Waals surface area contributed by atoms with Crippen molar-refractivity contribution < 1.29 is 0 Å². The van der Waals surface area contributed by atoms with Crippen molar-refractivity contribution in [2.75, 3.05) is 33.2 Å². The summed E-state index contributed by atoms with van der Waals surface area (Å²) in [6.45, 7) is 4.75. The third kappa shape index (κ3) is 2.96. The zero-order chi connectivity index (χ0) is 13.1. The molecule has 0 aliphatic carbocycles. The number of hydrogen-bond acceptors (Lipinski definition) is 2. The molecule has 19 heavy (non-hydrogen) atoms. The van der Waals surface area contributed by atoms with Crippen LogP contribution in [0.1, 0.15) is 5.56 Å². The fourth-order valence-electron chi connectivity index (χ4n) is 2.83. The van der Waals surface area contributed by atoms with Gasteiger partial charge in [0.05, 0.1) is 0 Å². The first-order chi connectivity index (χ1) is 9.33. The van der Waals surface area contributed by atoms with Crippen molar-refractivity contribution in [2.45, 2.75) is 6.42 Å². The largest absolute Gasteiger partial charge is 0.316 e. The molecular formula is C17H22N2. The number of nitrogens with one attached hydrogen (secondary N) is 1. The average Bonchev–Trinajstić information content (AvgIpc) is 2.40. The standard InChI is InChI=1S/C17H22N2/c1-19(13-14-11-18-12-14)10-9-16-7-4-6-15-5-2-3-8-17(15)16/h2-8,14,18H,9-13H2,1H3. The van der Waals surface area contributed by atoms with Crippen LogP contribution in [0.5, 0.6) is 0 Å². The topological polar surface area (TPSA) is 15.3 Å². The molecule has 2 aromatic rings. The molecule has 0 amide bonds. The highest BCUT2D eigenvalue weighted by atomic mass is 15.1. The summed E-state index contributed by atoms with van der Waals surface area (Å²) in [5, 5.41) is 6.10. The van der Waals surface area contributed by atoms with Crippen LogP contribution >= 0.6 is 0 Å². The van der Waals surface area contributed by atoms with Gasteiger partial charge in [-0.05, 0) is 35.7 Å². The quantitative estimate of drug-likeness (QED) is 0.882. The molecule has 0 aromatic heterocycles. The first kappa shape index (κ1) is 12.6. The van der Waals surface area contributed by atoms with Gasteiger partial charge >= 0.3 is 0 Å². The van der Waals surface area contributed by atoms with Crippen molar-refractivity contribution in [2.24, 2.45) is 5.92 Å². The second-order valence-corrected chi connectivity index (χ2v) is 5.67. The zero-order valence-corrected chi connectivity index (χ0v) is 11.6. The Labute approximate surface area is 115 Å². The molecule has 1 N–H and O–H groups in total. The predicted molar refractivity (Wildman–Crippen MR) is 81.5 cm³/mol. The Morgan fingerprint density at radius 3 is 2.68 bits per heavy atom. The number of likely N-dealkylation sites (N-methyl/N-ethyl adjacent to an activating group) is 1. The molecule has 0 unspecified atom stereocenters. The molecular weight excluding hydrogens is 232 g/mol. The van der Waals surface area contributed by atoms with Gasteiger partial charge in [0, 0.05) is 26.2 Å². The van der Waals surface area contributed by atoms with Crippen LogP contribution in [0.2, 0.25) is 0 Å². The van der Waals surface area contributed by atoms with Crippen LogP contribution in [-0.2, 0) is 6.42 Å². The minimum atomic E-state index is 0.859. The smallest absolute Gasteiger partial charge is 0.00311 e. The van der Waals surface area contributed by atoms with Crippen LogP contribution in [-0.4, -0.2) is 38.1 Å². The summed E-state index contributed by atoms with van der Waals surface area (Å²) >= 11 is 0. The summed E-state index contributed by atoms with van der Waals surface area (Å²) in [6.07, 6.45) is 1.14. The molecule has 1 fully saturated rings. The lowest BCUT2D eigenvalue weighted by atomic mass is 10.0. The molecule has 1 aliphatic heterocycles. The van der Waals surface area contributed by atoms with Gasteiger partial charge < -0.3 is 10.2 Å². The minimum Gasteiger partial charge on any atom is -0.316 e. The number of fused-ring (bicyclic) bond motifs is 1. The second-order valence-electron chi connectivity index (χ2n) is 5.67. The summed E-state index contributed by atoms with van der Waals surface area (Å²) < 4.78 is 0. The van der Waals surface area contributed by atoms with E-state index in [0.717, 1.165) is 18.9 Å². The van der Waals surface area contributed by atoms with Crippen LogP contribution in [0, 0.1) is 5.92 Å². The molecule has 100 valence electrons. The molecule has 0 spiro atoms. The van der Waals surface area contributed by atoms with Gasteiger partial charge in [-0.3, -0.25) is 0 Å². The van der Waals surface area contributed by atoms with Gasteiger partial charge in [0.2, 0.25) is 0 Å². The molecule has 0 radical (unpaired) electrons. The molecule has 2 heteroatoms. The van der Waals surface area contributed by atoms with Gasteiger partial charge in [-0.15, -0.1) is 0 Å². The van der Waals surface area contributed by atoms with E-state index in [2.05, 4.69) is 59.7 Å². The minimum absolute atomic E-state index is 0.859. The van der Waals surface area contributed by atoms with Gasteiger partial charge in [-0.2, -0.15) is 0 Å². The van der Waals surface area contributed by atoms with E-state index in [-0.39, 0.29) is 0 Å². The molecule has 2 nitrogen and oxygen atoms in total. The highest BCUT2D eigenvalue weighted by molar-refractivity contribution is 5.85. The van der Waals surface area contributed by atoms with Gasteiger partial charge in [0.25, 0.3) is 0 Å². The van der Waals surface area contributed by atoms with Gasteiger partial charge in [-0.1, -0.05) is 42.5 Å². The Bertz CT molecular complexity index is 540. The van der Waals surface area contributed by atoms with Crippen LogP contribution < -0.4 is 5.32 Å². The predicted octanol–water partition coefficient (Wildman–Crippen LogP) is 2.53. The summed E-state index contributed by atoms with van der Waals surface area (Å²) in [4.78, 5) is 2.47. The Morgan fingerprint density at radius 1 is 1.11 bits per heavy atom. The Balaban J connectivity index is 1.64. The lowest BCUT2D eigenvalue weighted by molar-refractivity contribution is 0.226. The average molecular weight is 254 g/mol. The van der Waals surface area contributed by atoms with Crippen molar-refractivity contribution in [1.29, 1.82) is 0 Å². The Morgan fingerprint density at radius 2 is 1.89 bits per heavy atom. The normalized spacial score (nSPS) is 15.9. The van der Waals surface area contributed by atoms with Gasteiger partial charge in [0.1, 0.15) is 0 Å². The fraction of sp³-hybridized carbons (Fsp3) is 0.412. The Kier molecular flexibility index (Phi) is 3.81. The van der Waals surface area contributed by atoms with Crippen molar-refractivity contribution >= 4 is 10.8 Å². The number of benzene rings is 2. The highest BCUT2D eigenvalue weighted by Crippen LogP contribution is 2.19. The van der Waals surface area contributed by atoms with E-state index in [4.69, 9.17) is 0 Å². The SMILES string of the molecule is CN(CCc1cccc2ccccc12)CC1CNC1. The molecule has 1 heterocycles. The summed E-state index contributed by atoms with van der Waals surface area (Å²) in [6, 6.07) is 15.3. The maximum atomic E-state index is 3.34. The maximum absolute atomic E-state index is 3.34. The van der Waals surface area contributed by atoms with Crippen molar-refractivity contribution in [3.8, 4) is 0 Å². The van der Waals surface area contributed by atoms with E-state index in [1.54, 1.807) is 0 Å². The molecule has 0 saturated carbocycles.